The summed E-state index contributed by atoms with van der Waals surface area (Å²) >= 11 is 12.0. The molecule has 1 aromatic carbocycles. The predicted octanol–water partition coefficient (Wildman–Crippen LogP) is 5.23. The Kier molecular flexibility index (Phi) is 3.63. The van der Waals surface area contributed by atoms with E-state index in [4.69, 9.17) is 5.73 Å². The van der Waals surface area contributed by atoms with Crippen molar-refractivity contribution in [3.63, 3.8) is 0 Å². The SMILES string of the molecule is Nc1nc(-c2csc(Br)c2)nc2c(Br)cc(Br)cc12. The molecule has 0 saturated heterocycles. The Morgan fingerprint density at radius 3 is 2.53 bits per heavy atom. The molecule has 0 aliphatic rings. The van der Waals surface area contributed by atoms with E-state index in [1.54, 1.807) is 11.3 Å². The third kappa shape index (κ3) is 2.56. The van der Waals surface area contributed by atoms with Crippen LogP contribution < -0.4 is 5.73 Å². The highest BCUT2D eigenvalue weighted by molar-refractivity contribution is 9.11. The normalized spacial score (nSPS) is 11.1. The number of nitrogens with zero attached hydrogens (tertiary/aromatic N) is 2. The van der Waals surface area contributed by atoms with Gasteiger partial charge in [0.2, 0.25) is 0 Å². The Bertz CT molecular complexity index is 785. The number of rotatable bonds is 1. The van der Waals surface area contributed by atoms with Gasteiger partial charge in [0, 0.05) is 25.3 Å². The Hall–Kier alpha value is -0.500. The third-order valence-corrected chi connectivity index (χ3v) is 5.14. The molecule has 0 fully saturated rings. The number of thiophene rings is 1. The number of hydrogen-bond donors (Lipinski definition) is 1. The quantitative estimate of drug-likeness (QED) is 0.537. The zero-order valence-corrected chi connectivity index (χ0v) is 14.9. The standard InChI is InChI=1S/C12H6Br3N3S/c13-6-2-7-10(8(14)3-6)17-12(18-11(7)16)5-1-9(15)19-4-5/h1-4H,(H2,16,17,18). The van der Waals surface area contributed by atoms with Gasteiger partial charge < -0.3 is 5.73 Å². The maximum Gasteiger partial charge on any atom is 0.163 e. The number of fused-ring (bicyclic) bond motifs is 1. The molecule has 0 saturated carbocycles. The Morgan fingerprint density at radius 2 is 1.84 bits per heavy atom. The second kappa shape index (κ2) is 5.12. The topological polar surface area (TPSA) is 51.8 Å². The first-order chi connectivity index (χ1) is 9.04. The smallest absolute Gasteiger partial charge is 0.163 e. The molecule has 7 heteroatoms. The molecule has 0 aliphatic carbocycles. The van der Waals surface area contributed by atoms with Gasteiger partial charge in [-0.3, -0.25) is 0 Å². The number of nitrogens with two attached hydrogens (primary N) is 1. The van der Waals surface area contributed by atoms with Crippen molar-refractivity contribution in [3.8, 4) is 11.4 Å². The van der Waals surface area contributed by atoms with Crippen LogP contribution in [0.3, 0.4) is 0 Å². The van der Waals surface area contributed by atoms with Crippen LogP contribution in [0.25, 0.3) is 22.3 Å². The van der Waals surface area contributed by atoms with E-state index in [0.29, 0.717) is 11.6 Å². The molecule has 2 N–H and O–H groups in total. The van der Waals surface area contributed by atoms with Gasteiger partial charge in [0.05, 0.1) is 9.30 Å². The molecule has 3 aromatic rings. The molecule has 0 aliphatic heterocycles. The van der Waals surface area contributed by atoms with Crippen LogP contribution in [0.15, 0.2) is 36.3 Å². The monoisotopic (exact) mass is 461 g/mol. The highest BCUT2D eigenvalue weighted by Crippen LogP contribution is 2.33. The maximum atomic E-state index is 6.04. The lowest BCUT2D eigenvalue weighted by atomic mass is 10.2. The first kappa shape index (κ1) is 13.5. The first-order valence-electron chi connectivity index (χ1n) is 5.21. The summed E-state index contributed by atoms with van der Waals surface area (Å²) in [5.74, 6) is 1.11. The van der Waals surface area contributed by atoms with Crippen molar-refractivity contribution in [2.45, 2.75) is 0 Å². The van der Waals surface area contributed by atoms with Crippen LogP contribution in [0, 0.1) is 0 Å². The second-order valence-corrected chi connectivity index (χ2v) is 7.92. The molecular formula is C12H6Br3N3S. The van der Waals surface area contributed by atoms with Crippen molar-refractivity contribution in [2.24, 2.45) is 0 Å². The van der Waals surface area contributed by atoms with E-state index in [2.05, 4.69) is 57.8 Å². The summed E-state index contributed by atoms with van der Waals surface area (Å²) in [4.78, 5) is 8.97. The third-order valence-electron chi connectivity index (χ3n) is 2.57. The van der Waals surface area contributed by atoms with E-state index < -0.39 is 0 Å². The van der Waals surface area contributed by atoms with E-state index in [1.165, 1.54) is 0 Å². The molecule has 3 rings (SSSR count). The number of nitrogen functional groups attached to an aromatic ring is 1. The minimum absolute atomic E-state index is 0.476. The number of aromatic nitrogens is 2. The fourth-order valence-corrected chi connectivity index (χ4v) is 4.19. The zero-order chi connectivity index (χ0) is 13.6. The zero-order valence-electron chi connectivity index (χ0n) is 9.32. The lowest BCUT2D eigenvalue weighted by molar-refractivity contribution is 1.23. The number of benzene rings is 1. The summed E-state index contributed by atoms with van der Waals surface area (Å²) in [6, 6.07) is 5.85. The Labute approximate surface area is 138 Å². The van der Waals surface area contributed by atoms with Gasteiger partial charge in [-0.2, -0.15) is 0 Å². The van der Waals surface area contributed by atoms with Crippen LogP contribution in [0.1, 0.15) is 0 Å². The molecule has 0 atom stereocenters. The summed E-state index contributed by atoms with van der Waals surface area (Å²) in [6.45, 7) is 0. The average Bonchev–Trinajstić information content (AvgIpc) is 2.77. The fourth-order valence-electron chi connectivity index (χ4n) is 1.74. The van der Waals surface area contributed by atoms with Crippen molar-refractivity contribution in [3.05, 3.63) is 36.3 Å². The van der Waals surface area contributed by atoms with Crippen LogP contribution in [0.4, 0.5) is 5.82 Å². The largest absolute Gasteiger partial charge is 0.383 e. The summed E-state index contributed by atoms with van der Waals surface area (Å²) in [5, 5.41) is 2.83. The minimum Gasteiger partial charge on any atom is -0.383 e. The molecule has 0 radical (unpaired) electrons. The molecule has 0 spiro atoms. The van der Waals surface area contributed by atoms with Gasteiger partial charge in [0.15, 0.2) is 5.82 Å². The van der Waals surface area contributed by atoms with Crippen LogP contribution in [-0.4, -0.2) is 9.97 Å². The van der Waals surface area contributed by atoms with E-state index in [-0.39, 0.29) is 0 Å². The van der Waals surface area contributed by atoms with Gasteiger partial charge in [0.25, 0.3) is 0 Å². The number of hydrogen-bond acceptors (Lipinski definition) is 4. The molecule has 2 heterocycles. The van der Waals surface area contributed by atoms with Gasteiger partial charge >= 0.3 is 0 Å². The van der Waals surface area contributed by atoms with Gasteiger partial charge in [-0.05, 0) is 50.1 Å². The summed E-state index contributed by atoms with van der Waals surface area (Å²) in [7, 11) is 0. The lowest BCUT2D eigenvalue weighted by Crippen LogP contribution is -1.98. The first-order valence-corrected chi connectivity index (χ1v) is 8.47. The number of halogens is 3. The van der Waals surface area contributed by atoms with Crippen LogP contribution in [0.5, 0.6) is 0 Å². The lowest BCUT2D eigenvalue weighted by Gasteiger charge is -2.06. The van der Waals surface area contributed by atoms with Crippen molar-refractivity contribution >= 4 is 75.8 Å². The summed E-state index contributed by atoms with van der Waals surface area (Å²) < 4.78 is 2.87. The van der Waals surface area contributed by atoms with Crippen molar-refractivity contribution < 1.29 is 0 Å². The van der Waals surface area contributed by atoms with Crippen LogP contribution in [0.2, 0.25) is 0 Å². The fraction of sp³-hybridized carbons (Fsp3) is 0. The number of anilines is 1. The molecule has 0 bridgehead atoms. The van der Waals surface area contributed by atoms with E-state index in [0.717, 1.165) is 29.2 Å². The second-order valence-electron chi connectivity index (χ2n) is 3.86. The van der Waals surface area contributed by atoms with E-state index in [9.17, 15) is 0 Å². The molecule has 19 heavy (non-hydrogen) atoms. The van der Waals surface area contributed by atoms with Crippen LogP contribution >= 0.6 is 59.1 Å². The predicted molar refractivity (Wildman–Crippen MR) is 90.4 cm³/mol. The van der Waals surface area contributed by atoms with Crippen molar-refractivity contribution in [1.29, 1.82) is 0 Å². The molecule has 96 valence electrons. The summed E-state index contributed by atoms with van der Waals surface area (Å²) in [5.41, 5.74) is 7.81. The van der Waals surface area contributed by atoms with Crippen molar-refractivity contribution in [2.75, 3.05) is 5.73 Å². The van der Waals surface area contributed by atoms with Gasteiger partial charge in [-0.1, -0.05) is 15.9 Å². The maximum absolute atomic E-state index is 6.04. The molecular weight excluding hydrogens is 458 g/mol. The van der Waals surface area contributed by atoms with Crippen molar-refractivity contribution in [1.82, 2.24) is 9.97 Å². The highest BCUT2D eigenvalue weighted by Gasteiger charge is 2.11. The average molecular weight is 464 g/mol. The van der Waals surface area contributed by atoms with Crippen LogP contribution in [-0.2, 0) is 0 Å². The van der Waals surface area contributed by atoms with Gasteiger partial charge in [0.1, 0.15) is 5.82 Å². The van der Waals surface area contributed by atoms with E-state index >= 15 is 0 Å². The minimum atomic E-state index is 0.476. The molecule has 3 nitrogen and oxygen atoms in total. The summed E-state index contributed by atoms with van der Waals surface area (Å²) in [6.07, 6.45) is 0. The Morgan fingerprint density at radius 1 is 1.05 bits per heavy atom. The molecule has 0 unspecified atom stereocenters. The van der Waals surface area contributed by atoms with Gasteiger partial charge in [-0.15, -0.1) is 11.3 Å². The Balaban J connectivity index is 2.30. The highest BCUT2D eigenvalue weighted by atomic mass is 79.9. The molecule has 0 amide bonds. The van der Waals surface area contributed by atoms with Gasteiger partial charge in [-0.25, -0.2) is 9.97 Å². The van der Waals surface area contributed by atoms with E-state index in [1.807, 2.05) is 23.6 Å². The molecule has 2 aromatic heterocycles.